The van der Waals surface area contributed by atoms with E-state index in [9.17, 15) is 14.7 Å². The van der Waals surface area contributed by atoms with Gasteiger partial charge in [-0.1, -0.05) is 28.7 Å². The molecular weight excluding hydrogens is 461 g/mol. The number of anilines is 2. The van der Waals surface area contributed by atoms with E-state index < -0.39 is 11.5 Å². The summed E-state index contributed by atoms with van der Waals surface area (Å²) >= 11 is 2.01. The van der Waals surface area contributed by atoms with Gasteiger partial charge in [0, 0.05) is 21.9 Å². The summed E-state index contributed by atoms with van der Waals surface area (Å²) in [6, 6.07) is 11.4. The van der Waals surface area contributed by atoms with Gasteiger partial charge in [-0.25, -0.2) is 4.85 Å². The minimum absolute atomic E-state index is 0.178. The highest BCUT2D eigenvalue weighted by molar-refractivity contribution is 14.1. The van der Waals surface area contributed by atoms with Gasteiger partial charge in [0.25, 0.3) is 5.91 Å². The highest BCUT2D eigenvalue weighted by atomic mass is 127. The number of rotatable bonds is 6. The minimum atomic E-state index is -1.76. The molecule has 0 aliphatic rings. The first-order valence-corrected chi connectivity index (χ1v) is 9.00. The van der Waals surface area contributed by atoms with E-state index in [-0.39, 0.29) is 12.5 Å². The van der Waals surface area contributed by atoms with Crippen LogP contribution in [0.2, 0.25) is 0 Å². The second-order valence-corrected chi connectivity index (χ2v) is 7.16. The number of aliphatic hydroxyl groups is 1. The third-order valence-corrected chi connectivity index (χ3v) is 4.37. The van der Waals surface area contributed by atoms with Crippen molar-refractivity contribution < 1.29 is 19.4 Å². The van der Waals surface area contributed by atoms with E-state index in [1.807, 2.05) is 22.6 Å². The van der Waals surface area contributed by atoms with Gasteiger partial charge in [-0.2, -0.15) is 0 Å². The summed E-state index contributed by atoms with van der Waals surface area (Å²) in [5.74, 6) is -0.348. The van der Waals surface area contributed by atoms with Gasteiger partial charge in [-0.05, 0) is 43.3 Å². The Labute approximate surface area is 170 Å². The maximum atomic E-state index is 12.3. The number of ether oxygens (including phenoxy) is 1. The average molecular weight is 479 g/mol. The molecule has 0 fully saturated rings. The molecular formula is C19H18IN3O4. The summed E-state index contributed by atoms with van der Waals surface area (Å²) in [4.78, 5) is 26.7. The number of benzene rings is 2. The third-order valence-electron chi connectivity index (χ3n) is 3.51. The van der Waals surface area contributed by atoms with Crippen molar-refractivity contribution in [2.45, 2.75) is 19.4 Å². The molecule has 0 spiro atoms. The van der Waals surface area contributed by atoms with Crippen molar-refractivity contribution in [3.8, 4) is 5.75 Å². The monoisotopic (exact) mass is 479 g/mol. The SMILES string of the molecule is [C-]#[N+]c1ccc(NC(=O)[C@@](C)(O)COc2ccc(NC(C)=O)cc2)cc1I. The van der Waals surface area contributed by atoms with Crippen molar-refractivity contribution >= 4 is 51.5 Å². The lowest BCUT2D eigenvalue weighted by Crippen LogP contribution is -2.45. The zero-order valence-corrected chi connectivity index (χ0v) is 16.9. The van der Waals surface area contributed by atoms with Crippen LogP contribution in [0.4, 0.5) is 17.1 Å². The predicted octanol–water partition coefficient (Wildman–Crippen LogP) is 3.57. The molecule has 8 heteroatoms. The lowest BCUT2D eigenvalue weighted by Gasteiger charge is -2.22. The first-order chi connectivity index (χ1) is 12.7. The van der Waals surface area contributed by atoms with Crippen molar-refractivity contribution in [3.05, 3.63) is 57.5 Å². The van der Waals surface area contributed by atoms with Gasteiger partial charge >= 0.3 is 0 Å². The van der Waals surface area contributed by atoms with Crippen LogP contribution < -0.4 is 15.4 Å². The molecule has 0 bridgehead atoms. The van der Waals surface area contributed by atoms with Crippen LogP contribution in [0, 0.1) is 10.1 Å². The number of carbonyl (C=O) groups is 2. The Hall–Kier alpha value is -2.64. The van der Waals surface area contributed by atoms with Crippen LogP contribution in [-0.4, -0.2) is 29.1 Å². The van der Waals surface area contributed by atoms with Crippen LogP contribution in [0.1, 0.15) is 13.8 Å². The number of halogens is 1. The van der Waals surface area contributed by atoms with Crippen LogP contribution in [-0.2, 0) is 9.59 Å². The second-order valence-electron chi connectivity index (χ2n) is 6.00. The molecule has 27 heavy (non-hydrogen) atoms. The Morgan fingerprint density at radius 2 is 1.81 bits per heavy atom. The molecule has 3 N–H and O–H groups in total. The Bertz CT molecular complexity index is 889. The van der Waals surface area contributed by atoms with Crippen LogP contribution >= 0.6 is 22.6 Å². The van der Waals surface area contributed by atoms with Crippen LogP contribution in [0.5, 0.6) is 5.75 Å². The highest BCUT2D eigenvalue weighted by Crippen LogP contribution is 2.25. The molecule has 0 aromatic heterocycles. The molecule has 0 heterocycles. The smallest absolute Gasteiger partial charge is 0.259 e. The maximum Gasteiger partial charge on any atom is 0.259 e. The Morgan fingerprint density at radius 3 is 2.37 bits per heavy atom. The Morgan fingerprint density at radius 1 is 1.19 bits per heavy atom. The van der Waals surface area contributed by atoms with E-state index in [1.54, 1.807) is 42.5 Å². The molecule has 2 rings (SSSR count). The normalized spacial score (nSPS) is 12.4. The molecule has 7 nitrogen and oxygen atoms in total. The molecule has 0 aliphatic carbocycles. The van der Waals surface area contributed by atoms with Gasteiger partial charge in [0.1, 0.15) is 12.4 Å². The Balaban J connectivity index is 1.96. The topological polar surface area (TPSA) is 92.0 Å². The summed E-state index contributed by atoms with van der Waals surface area (Å²) in [5, 5.41) is 15.7. The van der Waals surface area contributed by atoms with Crippen LogP contribution in [0.25, 0.3) is 4.85 Å². The standard InChI is InChI=1S/C19H18IN3O4/c1-12(24)22-13-4-7-15(8-5-13)27-11-19(2,26)18(25)23-14-6-9-17(21-3)16(20)10-14/h4-10,26H,11H2,1-2H3,(H,22,24)(H,23,25)/t19-/m0/s1. The summed E-state index contributed by atoms with van der Waals surface area (Å²) in [7, 11) is 0. The van der Waals surface area contributed by atoms with Gasteiger partial charge in [0.05, 0.1) is 6.57 Å². The van der Waals surface area contributed by atoms with Gasteiger partial charge in [0.15, 0.2) is 11.3 Å². The van der Waals surface area contributed by atoms with Crippen molar-refractivity contribution in [1.82, 2.24) is 0 Å². The fraction of sp³-hybridized carbons (Fsp3) is 0.211. The molecule has 2 aromatic carbocycles. The van der Waals surface area contributed by atoms with Crippen molar-refractivity contribution in [3.63, 3.8) is 0 Å². The first-order valence-electron chi connectivity index (χ1n) is 7.92. The van der Waals surface area contributed by atoms with E-state index in [1.165, 1.54) is 13.8 Å². The molecule has 0 saturated heterocycles. The molecule has 1 atom stereocenters. The third kappa shape index (κ3) is 5.94. The quantitative estimate of drug-likeness (QED) is 0.437. The lowest BCUT2D eigenvalue weighted by molar-refractivity contribution is -0.135. The highest BCUT2D eigenvalue weighted by Gasteiger charge is 2.31. The molecule has 0 unspecified atom stereocenters. The van der Waals surface area contributed by atoms with E-state index in [0.717, 1.165) is 0 Å². The fourth-order valence-electron chi connectivity index (χ4n) is 2.07. The summed E-state index contributed by atoms with van der Waals surface area (Å²) < 4.78 is 6.19. The van der Waals surface area contributed by atoms with E-state index >= 15 is 0 Å². The summed E-state index contributed by atoms with van der Waals surface area (Å²) in [6.45, 7) is 9.55. The van der Waals surface area contributed by atoms with Crippen molar-refractivity contribution in [1.29, 1.82) is 0 Å². The van der Waals surface area contributed by atoms with Gasteiger partial charge < -0.3 is 20.5 Å². The Kier molecular flexibility index (Phi) is 6.76. The lowest BCUT2D eigenvalue weighted by atomic mass is 10.1. The van der Waals surface area contributed by atoms with E-state index in [4.69, 9.17) is 11.3 Å². The number of nitrogens with one attached hydrogen (secondary N) is 2. The van der Waals surface area contributed by atoms with Gasteiger partial charge in [0.2, 0.25) is 5.91 Å². The molecule has 140 valence electrons. The first kappa shape index (κ1) is 20.7. The van der Waals surface area contributed by atoms with Crippen molar-refractivity contribution in [2.24, 2.45) is 0 Å². The largest absolute Gasteiger partial charge is 0.490 e. The number of carbonyl (C=O) groups excluding carboxylic acids is 2. The molecule has 0 saturated carbocycles. The molecule has 0 radical (unpaired) electrons. The number of amides is 2. The summed E-state index contributed by atoms with van der Waals surface area (Å²) in [6.07, 6.45) is 0. The maximum absolute atomic E-state index is 12.3. The predicted molar refractivity (Wildman–Crippen MR) is 111 cm³/mol. The van der Waals surface area contributed by atoms with Crippen LogP contribution in [0.15, 0.2) is 42.5 Å². The molecule has 0 aliphatic heterocycles. The molecule has 2 aromatic rings. The zero-order chi connectivity index (χ0) is 20.0. The van der Waals surface area contributed by atoms with Gasteiger partial charge in [-0.3, -0.25) is 9.59 Å². The van der Waals surface area contributed by atoms with Gasteiger partial charge in [-0.15, -0.1) is 0 Å². The van der Waals surface area contributed by atoms with E-state index in [0.29, 0.717) is 26.4 Å². The number of hydrogen-bond donors (Lipinski definition) is 3. The average Bonchev–Trinajstić information content (AvgIpc) is 2.61. The van der Waals surface area contributed by atoms with Crippen molar-refractivity contribution in [2.75, 3.05) is 17.2 Å². The number of hydrogen-bond acceptors (Lipinski definition) is 4. The zero-order valence-electron chi connectivity index (χ0n) is 14.7. The van der Waals surface area contributed by atoms with E-state index in [2.05, 4.69) is 15.5 Å². The minimum Gasteiger partial charge on any atom is -0.490 e. The fourth-order valence-corrected chi connectivity index (χ4v) is 2.70. The van der Waals surface area contributed by atoms with Crippen LogP contribution in [0.3, 0.4) is 0 Å². The summed E-state index contributed by atoms with van der Waals surface area (Å²) in [5.41, 5.74) is -0.166. The molecule has 2 amide bonds. The number of nitrogens with zero attached hydrogens (tertiary/aromatic N) is 1. The second kappa shape index (κ2) is 8.83.